The van der Waals surface area contributed by atoms with Crippen LogP contribution in [0.25, 0.3) is 5.69 Å². The van der Waals surface area contributed by atoms with Crippen molar-refractivity contribution in [3.8, 4) is 5.69 Å². The molecule has 0 saturated carbocycles. The SMILES string of the molecule is Cc1nn(-c2ccc(F)cc2)c(C)c1/C=N\N1[C@@H](C)CCC[C@@H]1C. The molecule has 4 nitrogen and oxygen atoms in total. The third-order valence-electron chi connectivity index (χ3n) is 4.89. The van der Waals surface area contributed by atoms with E-state index >= 15 is 0 Å². The summed E-state index contributed by atoms with van der Waals surface area (Å²) in [6.07, 6.45) is 5.58. The first-order valence-corrected chi connectivity index (χ1v) is 8.62. The Kier molecular flexibility index (Phi) is 4.69. The Morgan fingerprint density at radius 1 is 1.12 bits per heavy atom. The van der Waals surface area contributed by atoms with E-state index in [-0.39, 0.29) is 5.82 Å². The Hall–Kier alpha value is -2.17. The molecule has 1 aliphatic heterocycles. The fraction of sp³-hybridized carbons (Fsp3) is 0.474. The molecule has 1 aliphatic rings. The van der Waals surface area contributed by atoms with Crippen LogP contribution in [0.15, 0.2) is 29.4 Å². The largest absolute Gasteiger partial charge is 0.292 e. The number of piperidine rings is 1. The zero-order valence-electron chi connectivity index (χ0n) is 14.8. The molecule has 1 fully saturated rings. The Morgan fingerprint density at radius 2 is 1.75 bits per heavy atom. The number of halogens is 1. The molecule has 0 N–H and O–H groups in total. The van der Waals surface area contributed by atoms with Crippen LogP contribution < -0.4 is 0 Å². The van der Waals surface area contributed by atoms with Crippen molar-refractivity contribution >= 4 is 6.21 Å². The Bertz CT molecular complexity index is 723. The molecule has 0 bridgehead atoms. The molecule has 2 atom stereocenters. The molecule has 3 rings (SSSR count). The lowest BCUT2D eigenvalue weighted by Gasteiger charge is -2.36. The molecule has 24 heavy (non-hydrogen) atoms. The quantitative estimate of drug-likeness (QED) is 0.790. The number of rotatable bonds is 3. The Labute approximate surface area is 143 Å². The molecule has 5 heteroatoms. The van der Waals surface area contributed by atoms with Gasteiger partial charge in [-0.25, -0.2) is 9.07 Å². The van der Waals surface area contributed by atoms with Gasteiger partial charge in [0.1, 0.15) is 5.82 Å². The standard InChI is InChI=1S/C19H25FN4/c1-13-6-5-7-14(2)23(13)21-12-19-15(3)22-24(16(19)4)18-10-8-17(20)9-11-18/h8-14H,5-7H2,1-4H3/b21-12-/t13-,14-/m0/s1. The number of aromatic nitrogens is 2. The van der Waals surface area contributed by atoms with Crippen LogP contribution in [-0.2, 0) is 0 Å². The van der Waals surface area contributed by atoms with Gasteiger partial charge in [-0.1, -0.05) is 0 Å². The molecule has 0 unspecified atom stereocenters. The highest BCUT2D eigenvalue weighted by molar-refractivity contribution is 5.82. The van der Waals surface area contributed by atoms with Crippen molar-refractivity contribution in [2.24, 2.45) is 5.10 Å². The van der Waals surface area contributed by atoms with E-state index in [0.717, 1.165) is 22.6 Å². The summed E-state index contributed by atoms with van der Waals surface area (Å²) < 4.78 is 15.0. The lowest BCUT2D eigenvalue weighted by molar-refractivity contribution is 0.109. The molecule has 1 aromatic carbocycles. The van der Waals surface area contributed by atoms with Crippen molar-refractivity contribution in [1.82, 2.24) is 14.8 Å². The monoisotopic (exact) mass is 328 g/mol. The Balaban J connectivity index is 1.89. The van der Waals surface area contributed by atoms with Crippen LogP contribution >= 0.6 is 0 Å². The van der Waals surface area contributed by atoms with Gasteiger partial charge in [-0.2, -0.15) is 10.2 Å². The van der Waals surface area contributed by atoms with Crippen LogP contribution in [0, 0.1) is 19.7 Å². The van der Waals surface area contributed by atoms with Crippen molar-refractivity contribution in [2.75, 3.05) is 0 Å². The van der Waals surface area contributed by atoms with Gasteiger partial charge in [0.2, 0.25) is 0 Å². The second kappa shape index (κ2) is 6.75. The number of hydrazone groups is 1. The minimum absolute atomic E-state index is 0.241. The molecule has 0 radical (unpaired) electrons. The van der Waals surface area contributed by atoms with Crippen LogP contribution in [-0.4, -0.2) is 33.1 Å². The smallest absolute Gasteiger partial charge is 0.123 e. The predicted molar refractivity (Wildman–Crippen MR) is 95.2 cm³/mol. The fourth-order valence-electron chi connectivity index (χ4n) is 3.43. The number of aryl methyl sites for hydroxylation is 1. The van der Waals surface area contributed by atoms with E-state index in [0.29, 0.717) is 12.1 Å². The van der Waals surface area contributed by atoms with Crippen LogP contribution in [0.3, 0.4) is 0 Å². The maximum absolute atomic E-state index is 13.1. The first-order valence-electron chi connectivity index (χ1n) is 8.62. The molecular weight excluding hydrogens is 303 g/mol. The minimum atomic E-state index is -0.241. The average molecular weight is 328 g/mol. The summed E-state index contributed by atoms with van der Waals surface area (Å²) >= 11 is 0. The summed E-state index contributed by atoms with van der Waals surface area (Å²) in [4.78, 5) is 0. The molecule has 0 aliphatic carbocycles. The van der Waals surface area contributed by atoms with Gasteiger partial charge in [-0.15, -0.1) is 0 Å². The van der Waals surface area contributed by atoms with E-state index in [1.165, 1.54) is 31.4 Å². The molecule has 0 spiro atoms. The first kappa shape index (κ1) is 16.7. The molecule has 2 aromatic rings. The van der Waals surface area contributed by atoms with Crippen LogP contribution in [0.5, 0.6) is 0 Å². The number of benzene rings is 1. The van der Waals surface area contributed by atoms with Gasteiger partial charge >= 0.3 is 0 Å². The highest BCUT2D eigenvalue weighted by Gasteiger charge is 2.23. The first-order chi connectivity index (χ1) is 11.5. The summed E-state index contributed by atoms with van der Waals surface area (Å²) in [7, 11) is 0. The summed E-state index contributed by atoms with van der Waals surface area (Å²) in [6.45, 7) is 8.47. The predicted octanol–water partition coefficient (Wildman–Crippen LogP) is 4.23. The maximum Gasteiger partial charge on any atom is 0.123 e. The molecule has 1 aromatic heterocycles. The van der Waals surface area contributed by atoms with E-state index in [1.54, 1.807) is 12.1 Å². The summed E-state index contributed by atoms with van der Waals surface area (Å²) in [5.74, 6) is -0.241. The number of nitrogens with zero attached hydrogens (tertiary/aromatic N) is 4. The van der Waals surface area contributed by atoms with Gasteiger partial charge in [0.25, 0.3) is 0 Å². The van der Waals surface area contributed by atoms with Crippen molar-refractivity contribution in [2.45, 2.75) is 59.0 Å². The highest BCUT2D eigenvalue weighted by Crippen LogP contribution is 2.23. The summed E-state index contributed by atoms with van der Waals surface area (Å²) in [5, 5.41) is 11.6. The fourth-order valence-corrected chi connectivity index (χ4v) is 3.43. The van der Waals surface area contributed by atoms with E-state index in [2.05, 4.69) is 24.0 Å². The van der Waals surface area contributed by atoms with Gasteiger partial charge in [-0.05, 0) is 71.2 Å². The third-order valence-corrected chi connectivity index (χ3v) is 4.89. The highest BCUT2D eigenvalue weighted by atomic mass is 19.1. The molecule has 0 amide bonds. The van der Waals surface area contributed by atoms with Crippen LogP contribution in [0.1, 0.15) is 50.1 Å². The van der Waals surface area contributed by atoms with Crippen LogP contribution in [0.2, 0.25) is 0 Å². The number of hydrogen-bond acceptors (Lipinski definition) is 3. The lowest BCUT2D eigenvalue weighted by atomic mass is 10.00. The summed E-state index contributed by atoms with van der Waals surface area (Å²) in [6, 6.07) is 7.33. The van der Waals surface area contributed by atoms with Gasteiger partial charge in [-0.3, -0.25) is 5.01 Å². The molecule has 1 saturated heterocycles. The third kappa shape index (κ3) is 3.21. The van der Waals surface area contributed by atoms with Crippen molar-refractivity contribution in [3.05, 3.63) is 47.0 Å². The molecular formula is C19H25FN4. The number of hydrogen-bond donors (Lipinski definition) is 0. The van der Waals surface area contributed by atoms with Crippen LogP contribution in [0.4, 0.5) is 4.39 Å². The summed E-state index contributed by atoms with van der Waals surface area (Å²) in [5.41, 5.74) is 3.83. The van der Waals surface area contributed by atoms with E-state index in [1.807, 2.05) is 24.7 Å². The van der Waals surface area contributed by atoms with E-state index in [4.69, 9.17) is 5.10 Å². The second-order valence-corrected chi connectivity index (χ2v) is 6.73. The van der Waals surface area contributed by atoms with Crippen molar-refractivity contribution in [1.29, 1.82) is 0 Å². The lowest BCUT2D eigenvalue weighted by Crippen LogP contribution is -2.39. The van der Waals surface area contributed by atoms with Gasteiger partial charge < -0.3 is 0 Å². The van der Waals surface area contributed by atoms with Gasteiger partial charge in [0.05, 0.1) is 23.3 Å². The van der Waals surface area contributed by atoms with E-state index in [9.17, 15) is 4.39 Å². The average Bonchev–Trinajstić information content (AvgIpc) is 2.83. The maximum atomic E-state index is 13.1. The zero-order valence-corrected chi connectivity index (χ0v) is 14.8. The zero-order chi connectivity index (χ0) is 17.3. The molecule has 128 valence electrons. The molecule has 2 heterocycles. The second-order valence-electron chi connectivity index (χ2n) is 6.73. The topological polar surface area (TPSA) is 33.4 Å². The van der Waals surface area contributed by atoms with Gasteiger partial charge in [0.15, 0.2) is 0 Å². The van der Waals surface area contributed by atoms with Crippen molar-refractivity contribution < 1.29 is 4.39 Å². The minimum Gasteiger partial charge on any atom is -0.292 e. The van der Waals surface area contributed by atoms with E-state index < -0.39 is 0 Å². The van der Waals surface area contributed by atoms with Gasteiger partial charge in [0, 0.05) is 17.6 Å². The Morgan fingerprint density at radius 3 is 2.38 bits per heavy atom. The normalized spacial score (nSPS) is 21.6. The van der Waals surface area contributed by atoms with Crippen molar-refractivity contribution in [3.63, 3.8) is 0 Å².